The summed E-state index contributed by atoms with van der Waals surface area (Å²) < 4.78 is 0. The monoisotopic (exact) mass is 363 g/mol. The molecule has 1 aliphatic rings. The smallest absolute Gasteiger partial charge is 0.257 e. The number of quaternary nitrogens is 1. The Morgan fingerprint density at radius 3 is 2.69 bits per heavy atom. The van der Waals surface area contributed by atoms with Crippen LogP contribution in [0.5, 0.6) is 0 Å². The van der Waals surface area contributed by atoms with Gasteiger partial charge < -0.3 is 5.32 Å². The molecule has 2 aromatic carbocycles. The summed E-state index contributed by atoms with van der Waals surface area (Å²) in [6.45, 7) is 3.86. The number of thiazole rings is 1. The number of hydrogen-bond donors (Lipinski definition) is 2. The number of nitrogens with two attached hydrogens (primary N) is 1. The van der Waals surface area contributed by atoms with Gasteiger partial charge in [0.25, 0.3) is 5.84 Å². The number of aromatic nitrogens is 1. The molecule has 26 heavy (non-hydrogen) atoms. The predicted molar refractivity (Wildman–Crippen MR) is 104 cm³/mol. The Bertz CT molecular complexity index is 978. The summed E-state index contributed by atoms with van der Waals surface area (Å²) in [5.41, 5.74) is 5.69. The van der Waals surface area contributed by atoms with E-state index in [1.54, 1.807) is 16.8 Å². The van der Waals surface area contributed by atoms with Gasteiger partial charge in [-0.15, -0.1) is 11.3 Å². The fourth-order valence-electron chi connectivity index (χ4n) is 2.90. The molecule has 0 fully saturated rings. The van der Waals surface area contributed by atoms with Crippen molar-refractivity contribution < 1.29 is 10.1 Å². The lowest BCUT2D eigenvalue weighted by atomic mass is 9.83. The minimum absolute atomic E-state index is 0.0395. The first-order chi connectivity index (χ1) is 12.5. The highest BCUT2D eigenvalue weighted by Crippen LogP contribution is 2.30. The molecular weight excluding hydrogens is 344 g/mol. The third kappa shape index (κ3) is 3.05. The summed E-state index contributed by atoms with van der Waals surface area (Å²) in [5.74, 6) is 0.816. The van der Waals surface area contributed by atoms with Crippen molar-refractivity contribution in [3.8, 4) is 0 Å². The van der Waals surface area contributed by atoms with Crippen molar-refractivity contribution in [2.45, 2.75) is 19.3 Å². The van der Waals surface area contributed by atoms with Crippen LogP contribution >= 0.6 is 11.3 Å². The highest BCUT2D eigenvalue weighted by atomic mass is 32.1. The number of nitrogens with one attached hydrogen (secondary N) is 1. The van der Waals surface area contributed by atoms with Crippen LogP contribution in [-0.4, -0.2) is 16.7 Å². The Hall–Kier alpha value is -2.83. The molecule has 0 saturated carbocycles. The highest BCUT2D eigenvalue weighted by Gasteiger charge is 2.30. The molecular formula is C20H19N4OS+. The Kier molecular flexibility index (Phi) is 4.14. The maximum atomic E-state index is 12.8. The van der Waals surface area contributed by atoms with E-state index in [0.717, 1.165) is 34.2 Å². The molecule has 0 radical (unpaired) electrons. The molecule has 130 valence electrons. The number of hydrogen-bond acceptors (Lipinski definition) is 4. The van der Waals surface area contributed by atoms with E-state index in [4.69, 9.17) is 0 Å². The van der Waals surface area contributed by atoms with E-state index in [2.05, 4.69) is 15.3 Å². The van der Waals surface area contributed by atoms with Crippen LogP contribution in [0.25, 0.3) is 0 Å². The van der Waals surface area contributed by atoms with Crippen molar-refractivity contribution >= 4 is 40.1 Å². The summed E-state index contributed by atoms with van der Waals surface area (Å²) in [6, 6.07) is 15.6. The van der Waals surface area contributed by atoms with Gasteiger partial charge in [-0.2, -0.15) is 4.99 Å². The van der Waals surface area contributed by atoms with Crippen molar-refractivity contribution in [3.63, 3.8) is 0 Å². The Labute approximate surface area is 155 Å². The molecule has 0 bridgehead atoms. The van der Waals surface area contributed by atoms with Crippen molar-refractivity contribution in [3.05, 3.63) is 70.7 Å². The van der Waals surface area contributed by atoms with Crippen LogP contribution in [0.15, 0.2) is 64.4 Å². The summed E-state index contributed by atoms with van der Waals surface area (Å²) in [5, 5.41) is 7.02. The van der Waals surface area contributed by atoms with Crippen LogP contribution in [0.3, 0.4) is 0 Å². The van der Waals surface area contributed by atoms with Gasteiger partial charge in [-0.25, -0.2) is 4.98 Å². The SMILES string of the molecule is CC(C)(C(=O)Nc1ccc2c(c1)[NH2+]C(c1cscn1)=N2)c1ccccc1. The van der Waals surface area contributed by atoms with Crippen molar-refractivity contribution in [2.24, 2.45) is 4.99 Å². The maximum Gasteiger partial charge on any atom is 0.257 e. The zero-order chi connectivity index (χ0) is 18.1. The quantitative estimate of drug-likeness (QED) is 0.698. The molecule has 1 aromatic heterocycles. The number of benzene rings is 2. The lowest BCUT2D eigenvalue weighted by molar-refractivity contribution is -0.437. The molecule has 3 N–H and O–H groups in total. The molecule has 5 nitrogen and oxygen atoms in total. The number of anilines is 1. The standard InChI is InChI=1S/C20H18N4OS/c1-20(2,13-6-4-3-5-7-13)19(25)22-14-8-9-15-16(10-14)24-18(23-15)17-11-26-12-21-17/h3-12H,1-2H3,(H,22,25)(H,23,24)/p+1. The van der Waals surface area contributed by atoms with Crippen LogP contribution in [-0.2, 0) is 10.2 Å². The topological polar surface area (TPSA) is 71.0 Å². The van der Waals surface area contributed by atoms with Gasteiger partial charge in [0.05, 0.1) is 10.9 Å². The predicted octanol–water partition coefficient (Wildman–Crippen LogP) is 3.35. The minimum Gasteiger partial charge on any atom is -0.325 e. The third-order valence-electron chi connectivity index (χ3n) is 4.58. The average molecular weight is 363 g/mol. The van der Waals surface area contributed by atoms with Gasteiger partial charge in [0.15, 0.2) is 11.4 Å². The first-order valence-corrected chi connectivity index (χ1v) is 9.31. The van der Waals surface area contributed by atoms with Crippen LogP contribution < -0.4 is 10.6 Å². The van der Waals surface area contributed by atoms with Crippen LogP contribution in [0.4, 0.5) is 17.1 Å². The fourth-order valence-corrected chi connectivity index (χ4v) is 3.45. The first-order valence-electron chi connectivity index (χ1n) is 8.37. The Balaban J connectivity index is 1.52. The van der Waals surface area contributed by atoms with Gasteiger partial charge in [0.1, 0.15) is 5.69 Å². The van der Waals surface area contributed by atoms with E-state index in [9.17, 15) is 4.79 Å². The molecule has 3 aromatic rings. The molecule has 0 spiro atoms. The number of fused-ring (bicyclic) bond motifs is 1. The number of carbonyl (C=O) groups excluding carboxylic acids is 1. The summed E-state index contributed by atoms with van der Waals surface area (Å²) in [7, 11) is 0. The number of amides is 1. The number of rotatable bonds is 4. The van der Waals surface area contributed by atoms with E-state index in [1.807, 2.05) is 73.1 Å². The molecule has 0 saturated heterocycles. The van der Waals surface area contributed by atoms with Crippen LogP contribution in [0, 0.1) is 0 Å². The van der Waals surface area contributed by atoms with Gasteiger partial charge in [-0.05, 0) is 31.5 Å². The van der Waals surface area contributed by atoms with Crippen molar-refractivity contribution in [1.29, 1.82) is 0 Å². The minimum atomic E-state index is -0.619. The molecule has 4 rings (SSSR count). The van der Waals surface area contributed by atoms with Crippen molar-refractivity contribution in [1.82, 2.24) is 4.98 Å². The zero-order valence-electron chi connectivity index (χ0n) is 14.6. The maximum absolute atomic E-state index is 12.8. The molecule has 0 atom stereocenters. The zero-order valence-corrected chi connectivity index (χ0v) is 15.4. The van der Waals surface area contributed by atoms with Gasteiger partial charge in [-0.3, -0.25) is 10.1 Å². The summed E-state index contributed by atoms with van der Waals surface area (Å²) >= 11 is 1.55. The van der Waals surface area contributed by atoms with Gasteiger partial charge in [-0.1, -0.05) is 30.3 Å². The second kappa shape index (κ2) is 6.48. The lowest BCUT2D eigenvalue weighted by Gasteiger charge is -2.24. The van der Waals surface area contributed by atoms with Gasteiger partial charge in [0.2, 0.25) is 5.91 Å². The van der Waals surface area contributed by atoms with E-state index in [-0.39, 0.29) is 5.91 Å². The second-order valence-corrected chi connectivity index (χ2v) is 7.45. The number of amidine groups is 1. The normalized spacial score (nSPS) is 13.2. The summed E-state index contributed by atoms with van der Waals surface area (Å²) in [4.78, 5) is 21.7. The molecule has 2 heterocycles. The number of aliphatic imine (C=N–C) groups is 1. The Morgan fingerprint density at radius 1 is 1.15 bits per heavy atom. The second-order valence-electron chi connectivity index (χ2n) is 6.73. The van der Waals surface area contributed by atoms with Crippen molar-refractivity contribution in [2.75, 3.05) is 5.32 Å². The van der Waals surface area contributed by atoms with Gasteiger partial charge >= 0.3 is 0 Å². The van der Waals surface area contributed by atoms with E-state index < -0.39 is 5.41 Å². The number of nitrogens with zero attached hydrogens (tertiary/aromatic N) is 2. The summed E-state index contributed by atoms with van der Waals surface area (Å²) in [6.07, 6.45) is 0. The van der Waals surface area contributed by atoms with Crippen LogP contribution in [0.1, 0.15) is 25.1 Å². The fraction of sp³-hybridized carbons (Fsp3) is 0.150. The Morgan fingerprint density at radius 2 is 1.96 bits per heavy atom. The molecule has 1 aliphatic heterocycles. The first kappa shape index (κ1) is 16.6. The van der Waals surface area contributed by atoms with E-state index in [0.29, 0.717) is 0 Å². The average Bonchev–Trinajstić information content (AvgIpc) is 3.31. The van der Waals surface area contributed by atoms with Crippen LogP contribution in [0.2, 0.25) is 0 Å². The third-order valence-corrected chi connectivity index (χ3v) is 5.16. The number of carbonyl (C=O) groups is 1. The molecule has 1 amide bonds. The highest BCUT2D eigenvalue weighted by molar-refractivity contribution is 7.07. The van der Waals surface area contributed by atoms with E-state index in [1.165, 1.54) is 0 Å². The molecule has 0 unspecified atom stereocenters. The molecule has 6 heteroatoms. The largest absolute Gasteiger partial charge is 0.325 e. The van der Waals surface area contributed by atoms with E-state index >= 15 is 0 Å². The lowest BCUT2D eigenvalue weighted by Crippen LogP contribution is -2.80. The molecule has 0 aliphatic carbocycles. The van der Waals surface area contributed by atoms with Gasteiger partial charge in [0, 0.05) is 17.1 Å².